The van der Waals surface area contributed by atoms with E-state index in [1.165, 1.54) is 11.3 Å². The molecule has 2 aromatic rings. The first-order valence-electron chi connectivity index (χ1n) is 6.43. The highest BCUT2D eigenvalue weighted by Gasteiger charge is 2.22. The third kappa shape index (κ3) is 2.08. The Labute approximate surface area is 112 Å². The molecular formula is C15H15N3O. The van der Waals surface area contributed by atoms with Crippen LogP contribution in [0.3, 0.4) is 0 Å². The van der Waals surface area contributed by atoms with Gasteiger partial charge in [0.2, 0.25) is 0 Å². The van der Waals surface area contributed by atoms with Gasteiger partial charge in [-0.1, -0.05) is 12.1 Å². The Bertz CT molecular complexity index is 635. The van der Waals surface area contributed by atoms with Crippen molar-refractivity contribution in [3.63, 3.8) is 0 Å². The topological polar surface area (TPSA) is 50.8 Å². The summed E-state index contributed by atoms with van der Waals surface area (Å²) >= 11 is 0. The zero-order valence-corrected chi connectivity index (χ0v) is 10.9. The van der Waals surface area contributed by atoms with Gasteiger partial charge in [0.25, 0.3) is 0 Å². The molecule has 0 N–H and O–H groups in total. The highest BCUT2D eigenvalue weighted by atomic mass is 16.5. The standard InChI is InChI=1S/C15H15N3O/c1-19-12-7-5-11(6-8-12)10-18-15-4-2-3-13(15)14(9-16)17-18/h5-8H,2-4,10H2,1H3. The van der Waals surface area contributed by atoms with E-state index in [2.05, 4.69) is 11.2 Å². The minimum Gasteiger partial charge on any atom is -0.497 e. The van der Waals surface area contributed by atoms with Gasteiger partial charge < -0.3 is 4.74 Å². The Hall–Kier alpha value is -2.28. The third-order valence-corrected chi connectivity index (χ3v) is 3.60. The summed E-state index contributed by atoms with van der Waals surface area (Å²) < 4.78 is 7.12. The fourth-order valence-electron chi connectivity index (χ4n) is 2.63. The molecule has 0 radical (unpaired) electrons. The van der Waals surface area contributed by atoms with Crippen LogP contribution >= 0.6 is 0 Å². The molecule has 1 heterocycles. The fraction of sp³-hybridized carbons (Fsp3) is 0.333. The van der Waals surface area contributed by atoms with Crippen LogP contribution in [-0.2, 0) is 19.4 Å². The van der Waals surface area contributed by atoms with Crippen molar-refractivity contribution in [1.29, 1.82) is 5.26 Å². The summed E-state index contributed by atoms with van der Waals surface area (Å²) in [5.41, 5.74) is 4.15. The first kappa shape index (κ1) is 11.8. The van der Waals surface area contributed by atoms with Gasteiger partial charge in [-0.05, 0) is 37.0 Å². The lowest BCUT2D eigenvalue weighted by molar-refractivity contribution is 0.414. The van der Waals surface area contributed by atoms with E-state index in [4.69, 9.17) is 10.00 Å². The molecule has 19 heavy (non-hydrogen) atoms. The predicted octanol–water partition coefficient (Wildman–Crippen LogP) is 2.30. The van der Waals surface area contributed by atoms with E-state index in [1.54, 1.807) is 7.11 Å². The number of benzene rings is 1. The number of nitriles is 1. The molecule has 0 saturated carbocycles. The maximum Gasteiger partial charge on any atom is 0.165 e. The van der Waals surface area contributed by atoms with Crippen LogP contribution < -0.4 is 4.74 Å². The molecule has 1 aliphatic carbocycles. The van der Waals surface area contributed by atoms with Crippen molar-refractivity contribution in [1.82, 2.24) is 9.78 Å². The Kier molecular flexibility index (Phi) is 2.96. The third-order valence-electron chi connectivity index (χ3n) is 3.60. The Morgan fingerprint density at radius 3 is 2.79 bits per heavy atom. The largest absolute Gasteiger partial charge is 0.497 e. The average molecular weight is 253 g/mol. The molecule has 0 fully saturated rings. The minimum atomic E-state index is 0.598. The van der Waals surface area contributed by atoms with E-state index >= 15 is 0 Å². The van der Waals surface area contributed by atoms with Crippen LogP contribution in [0.1, 0.15) is 28.9 Å². The van der Waals surface area contributed by atoms with Gasteiger partial charge in [0.1, 0.15) is 11.8 Å². The average Bonchev–Trinajstić information content (AvgIpc) is 3.03. The van der Waals surface area contributed by atoms with Crippen molar-refractivity contribution in [3.05, 3.63) is 46.8 Å². The molecule has 4 heteroatoms. The number of rotatable bonds is 3. The van der Waals surface area contributed by atoms with Crippen LogP contribution in [-0.4, -0.2) is 16.9 Å². The monoisotopic (exact) mass is 253 g/mol. The van der Waals surface area contributed by atoms with Crippen LogP contribution in [0.5, 0.6) is 5.75 Å². The molecule has 0 amide bonds. The summed E-state index contributed by atoms with van der Waals surface area (Å²) in [4.78, 5) is 0. The van der Waals surface area contributed by atoms with Gasteiger partial charge in [-0.3, -0.25) is 4.68 Å². The minimum absolute atomic E-state index is 0.598. The van der Waals surface area contributed by atoms with Gasteiger partial charge in [-0.15, -0.1) is 0 Å². The molecule has 0 unspecified atom stereocenters. The molecule has 96 valence electrons. The quantitative estimate of drug-likeness (QED) is 0.843. The number of aromatic nitrogens is 2. The van der Waals surface area contributed by atoms with Gasteiger partial charge in [0.15, 0.2) is 5.69 Å². The SMILES string of the molecule is COc1ccc(Cn2nc(C#N)c3c2CCC3)cc1. The van der Waals surface area contributed by atoms with Gasteiger partial charge in [-0.25, -0.2) is 0 Å². The number of fused-ring (bicyclic) bond motifs is 1. The van der Waals surface area contributed by atoms with Crippen molar-refractivity contribution >= 4 is 0 Å². The molecule has 0 atom stereocenters. The lowest BCUT2D eigenvalue weighted by Gasteiger charge is -2.06. The molecule has 0 spiro atoms. The van der Waals surface area contributed by atoms with Crippen LogP contribution in [0.4, 0.5) is 0 Å². The number of hydrogen-bond donors (Lipinski definition) is 0. The normalized spacial score (nSPS) is 13.1. The molecule has 0 bridgehead atoms. The summed E-state index contributed by atoms with van der Waals surface area (Å²) in [5.74, 6) is 0.854. The van der Waals surface area contributed by atoms with Crippen LogP contribution in [0.2, 0.25) is 0 Å². The van der Waals surface area contributed by atoms with E-state index in [0.717, 1.165) is 30.6 Å². The van der Waals surface area contributed by atoms with Crippen molar-refractivity contribution in [2.75, 3.05) is 7.11 Å². The van der Waals surface area contributed by atoms with Crippen LogP contribution in [0.25, 0.3) is 0 Å². The molecule has 0 saturated heterocycles. The second-order valence-corrected chi connectivity index (χ2v) is 4.74. The number of methoxy groups -OCH3 is 1. The molecule has 1 aromatic heterocycles. The van der Waals surface area contributed by atoms with E-state index in [9.17, 15) is 0 Å². The van der Waals surface area contributed by atoms with Crippen molar-refractivity contribution in [3.8, 4) is 11.8 Å². The Balaban J connectivity index is 1.89. The summed E-state index contributed by atoms with van der Waals surface area (Å²) in [5, 5.41) is 13.5. The van der Waals surface area contributed by atoms with Gasteiger partial charge >= 0.3 is 0 Å². The smallest absolute Gasteiger partial charge is 0.165 e. The van der Waals surface area contributed by atoms with Crippen LogP contribution in [0, 0.1) is 11.3 Å². The maximum absolute atomic E-state index is 9.11. The summed E-state index contributed by atoms with van der Waals surface area (Å²) in [7, 11) is 1.66. The van der Waals surface area contributed by atoms with Crippen molar-refractivity contribution in [2.45, 2.75) is 25.8 Å². The lowest BCUT2D eigenvalue weighted by Crippen LogP contribution is -2.05. The zero-order chi connectivity index (χ0) is 13.2. The lowest BCUT2D eigenvalue weighted by atomic mass is 10.2. The van der Waals surface area contributed by atoms with Gasteiger partial charge in [0.05, 0.1) is 13.7 Å². The Morgan fingerprint density at radius 1 is 1.32 bits per heavy atom. The fourth-order valence-corrected chi connectivity index (χ4v) is 2.63. The molecule has 1 aliphatic rings. The second-order valence-electron chi connectivity index (χ2n) is 4.74. The second kappa shape index (κ2) is 4.77. The number of ether oxygens (including phenoxy) is 1. The summed E-state index contributed by atoms with van der Waals surface area (Å²) in [6.45, 7) is 0.716. The van der Waals surface area contributed by atoms with Gasteiger partial charge in [0, 0.05) is 11.3 Å². The highest BCUT2D eigenvalue weighted by molar-refractivity contribution is 5.38. The number of hydrogen-bond acceptors (Lipinski definition) is 3. The van der Waals surface area contributed by atoms with Crippen LogP contribution in [0.15, 0.2) is 24.3 Å². The van der Waals surface area contributed by atoms with E-state index in [1.807, 2.05) is 28.9 Å². The first-order valence-corrected chi connectivity index (χ1v) is 6.43. The predicted molar refractivity (Wildman–Crippen MR) is 71.1 cm³/mol. The molecular weight excluding hydrogens is 238 g/mol. The molecule has 3 rings (SSSR count). The van der Waals surface area contributed by atoms with Crippen molar-refractivity contribution in [2.24, 2.45) is 0 Å². The summed E-state index contributed by atoms with van der Waals surface area (Å²) in [6, 6.07) is 10.2. The maximum atomic E-state index is 9.11. The molecule has 0 aliphatic heterocycles. The number of nitrogens with zero attached hydrogens (tertiary/aromatic N) is 3. The highest BCUT2D eigenvalue weighted by Crippen LogP contribution is 2.25. The molecule has 1 aromatic carbocycles. The molecule has 4 nitrogen and oxygen atoms in total. The van der Waals surface area contributed by atoms with Crippen molar-refractivity contribution < 1.29 is 4.74 Å². The Morgan fingerprint density at radius 2 is 2.11 bits per heavy atom. The van der Waals surface area contributed by atoms with E-state index in [0.29, 0.717) is 12.2 Å². The van der Waals surface area contributed by atoms with E-state index < -0.39 is 0 Å². The first-order chi connectivity index (χ1) is 9.31. The zero-order valence-electron chi connectivity index (χ0n) is 10.9. The van der Waals surface area contributed by atoms with Gasteiger partial charge in [-0.2, -0.15) is 10.4 Å². The van der Waals surface area contributed by atoms with E-state index in [-0.39, 0.29) is 0 Å². The summed E-state index contributed by atoms with van der Waals surface area (Å²) in [6.07, 6.45) is 3.14.